The number of aliphatic hydroxyl groups is 1. The first-order valence-corrected chi connectivity index (χ1v) is 15.8. The van der Waals surface area contributed by atoms with Gasteiger partial charge in [-0.25, -0.2) is 0 Å². The smallest absolute Gasteiger partial charge is 0.243 e. The van der Waals surface area contributed by atoms with Crippen molar-refractivity contribution in [2.45, 2.75) is 83.0 Å². The Labute approximate surface area is 257 Å². The fourth-order valence-corrected chi connectivity index (χ4v) is 5.70. The molecule has 0 saturated carbocycles. The first-order valence-electron chi connectivity index (χ1n) is 15.8. The summed E-state index contributed by atoms with van der Waals surface area (Å²) in [5, 5.41) is 18.2. The van der Waals surface area contributed by atoms with Gasteiger partial charge in [0.1, 0.15) is 11.8 Å². The number of rotatable bonds is 10. The van der Waals surface area contributed by atoms with E-state index in [1.165, 1.54) is 0 Å². The summed E-state index contributed by atoms with van der Waals surface area (Å²) in [4.78, 5) is 29.1. The lowest BCUT2D eigenvalue weighted by atomic mass is 9.95. The van der Waals surface area contributed by atoms with Crippen LogP contribution >= 0.6 is 0 Å². The van der Waals surface area contributed by atoms with Gasteiger partial charge in [-0.2, -0.15) is 0 Å². The number of nitrogens with zero attached hydrogens (tertiary/aromatic N) is 1. The summed E-state index contributed by atoms with van der Waals surface area (Å²) in [6.45, 7) is 5.34. The van der Waals surface area contributed by atoms with Gasteiger partial charge in [0.05, 0.1) is 25.9 Å². The molecule has 0 fully saturated rings. The topological polar surface area (TPSA) is 100 Å². The highest BCUT2D eigenvalue weighted by Gasteiger charge is 2.32. The summed E-state index contributed by atoms with van der Waals surface area (Å²) < 4.78 is 11.4. The van der Waals surface area contributed by atoms with Gasteiger partial charge < -0.3 is 30.1 Å². The van der Waals surface area contributed by atoms with Gasteiger partial charge in [-0.05, 0) is 55.4 Å². The third-order valence-electron chi connectivity index (χ3n) is 8.19. The zero-order valence-corrected chi connectivity index (χ0v) is 26.3. The van der Waals surface area contributed by atoms with Crippen molar-refractivity contribution in [3.05, 3.63) is 77.9 Å². The van der Waals surface area contributed by atoms with Gasteiger partial charge >= 0.3 is 0 Å². The normalized spacial score (nSPS) is 22.3. The number of nitrogens with one attached hydrogen (secondary N) is 2. The maximum atomic E-state index is 13.9. The molecule has 0 aliphatic carbocycles. The average Bonchev–Trinajstić information content (AvgIpc) is 3.03. The standard InChI is InChI=1S/C35H51N3O5/c1-5-13-27(14-6-2)35(41)38(3)32-19-10-11-21-43-22-20-30(28-17-12-18-29(24-28)42-4)36-25-33(39)31(37-34(32)40)23-26-15-8-7-9-16-26/h7-12,15-18,24,27,30-33,36,39H,5-6,13-14,19-23,25H2,1-4H3,(H,37,40)/t30?,31-,32-,33+/m0/s1. The van der Waals surface area contributed by atoms with E-state index in [9.17, 15) is 14.7 Å². The zero-order valence-electron chi connectivity index (χ0n) is 26.3. The third kappa shape index (κ3) is 10.8. The van der Waals surface area contributed by atoms with Crippen LogP contribution in [0.15, 0.2) is 66.7 Å². The second-order valence-corrected chi connectivity index (χ2v) is 11.4. The summed E-state index contributed by atoms with van der Waals surface area (Å²) in [5.74, 6) is 0.375. The van der Waals surface area contributed by atoms with Gasteiger partial charge in [-0.3, -0.25) is 9.59 Å². The number of β-amino-alcohol motifs (C(OH)–C–C–N with tert-alkyl or cyclic N) is 1. The Hall–Kier alpha value is -3.20. The lowest BCUT2D eigenvalue weighted by molar-refractivity contribution is -0.142. The maximum absolute atomic E-state index is 13.9. The Bertz CT molecular complexity index is 1140. The first kappa shape index (κ1) is 34.3. The summed E-state index contributed by atoms with van der Waals surface area (Å²) in [6.07, 6.45) is 7.88. The first-order chi connectivity index (χ1) is 20.9. The van der Waals surface area contributed by atoms with Crippen molar-refractivity contribution < 1.29 is 24.2 Å². The van der Waals surface area contributed by atoms with Crippen molar-refractivity contribution in [3.63, 3.8) is 0 Å². The molecule has 0 aromatic heterocycles. The Balaban J connectivity index is 1.88. The van der Waals surface area contributed by atoms with Crippen LogP contribution in [0.25, 0.3) is 0 Å². The highest BCUT2D eigenvalue weighted by molar-refractivity contribution is 5.88. The van der Waals surface area contributed by atoms with E-state index in [-0.39, 0.29) is 30.3 Å². The summed E-state index contributed by atoms with van der Waals surface area (Å²) in [6, 6.07) is 16.4. The molecule has 1 aliphatic rings. The molecule has 0 saturated heterocycles. The van der Waals surface area contributed by atoms with Crippen LogP contribution in [0.1, 0.15) is 69.5 Å². The molecule has 4 atom stereocenters. The van der Waals surface area contributed by atoms with Crippen LogP contribution in [0.4, 0.5) is 0 Å². The van der Waals surface area contributed by atoms with E-state index in [0.29, 0.717) is 32.5 Å². The minimum absolute atomic E-state index is 0.00521. The lowest BCUT2D eigenvalue weighted by Gasteiger charge is -2.33. The number of benzene rings is 2. The van der Waals surface area contributed by atoms with E-state index in [2.05, 4.69) is 24.5 Å². The Morgan fingerprint density at radius 1 is 1.09 bits per heavy atom. The van der Waals surface area contributed by atoms with Gasteiger partial charge in [-0.1, -0.05) is 81.3 Å². The molecule has 1 aliphatic heterocycles. The van der Waals surface area contributed by atoms with E-state index in [0.717, 1.165) is 42.6 Å². The predicted molar refractivity (Wildman–Crippen MR) is 171 cm³/mol. The summed E-state index contributed by atoms with van der Waals surface area (Å²) >= 11 is 0. The van der Waals surface area contributed by atoms with Crippen molar-refractivity contribution in [2.24, 2.45) is 5.92 Å². The number of aliphatic hydroxyl groups excluding tert-OH is 1. The molecule has 1 unspecified atom stereocenters. The number of methoxy groups -OCH3 is 1. The second kappa shape index (κ2) is 18.5. The number of ether oxygens (including phenoxy) is 2. The minimum atomic E-state index is -0.881. The zero-order chi connectivity index (χ0) is 31.0. The van der Waals surface area contributed by atoms with E-state index in [4.69, 9.17) is 9.47 Å². The van der Waals surface area contributed by atoms with E-state index in [1.807, 2.05) is 66.7 Å². The minimum Gasteiger partial charge on any atom is -0.497 e. The monoisotopic (exact) mass is 593 g/mol. The molecule has 3 N–H and O–H groups in total. The van der Waals surface area contributed by atoms with Crippen LogP contribution < -0.4 is 15.4 Å². The quantitative estimate of drug-likeness (QED) is 0.342. The van der Waals surface area contributed by atoms with Crippen molar-refractivity contribution in [2.75, 3.05) is 33.9 Å². The maximum Gasteiger partial charge on any atom is 0.243 e. The van der Waals surface area contributed by atoms with Gasteiger partial charge in [0, 0.05) is 32.2 Å². The van der Waals surface area contributed by atoms with Crippen molar-refractivity contribution in [1.82, 2.24) is 15.5 Å². The summed E-state index contributed by atoms with van der Waals surface area (Å²) in [7, 11) is 3.37. The van der Waals surface area contributed by atoms with E-state index < -0.39 is 18.2 Å². The fraction of sp³-hybridized carbons (Fsp3) is 0.543. The fourth-order valence-electron chi connectivity index (χ4n) is 5.70. The van der Waals surface area contributed by atoms with Crippen LogP contribution in [0.3, 0.4) is 0 Å². The number of carbonyl (C=O) groups excluding carboxylic acids is 2. The predicted octanol–water partition coefficient (Wildman–Crippen LogP) is 4.82. The van der Waals surface area contributed by atoms with Gasteiger partial charge in [-0.15, -0.1) is 0 Å². The third-order valence-corrected chi connectivity index (χ3v) is 8.19. The Morgan fingerprint density at radius 2 is 1.84 bits per heavy atom. The molecule has 8 nitrogen and oxygen atoms in total. The number of hydrogen-bond acceptors (Lipinski definition) is 6. The number of carbonyl (C=O) groups is 2. The van der Waals surface area contributed by atoms with Crippen LogP contribution in [0, 0.1) is 5.92 Å². The summed E-state index contributed by atoms with van der Waals surface area (Å²) in [5.41, 5.74) is 2.04. The molecule has 2 aromatic carbocycles. The average molecular weight is 594 g/mol. The molecule has 0 bridgehead atoms. The van der Waals surface area contributed by atoms with Gasteiger partial charge in [0.2, 0.25) is 11.8 Å². The lowest BCUT2D eigenvalue weighted by Crippen LogP contribution is -2.55. The molecular formula is C35H51N3O5. The highest BCUT2D eigenvalue weighted by atomic mass is 16.5. The molecule has 2 aromatic rings. The molecule has 43 heavy (non-hydrogen) atoms. The van der Waals surface area contributed by atoms with E-state index in [1.54, 1.807) is 19.1 Å². The van der Waals surface area contributed by atoms with Crippen LogP contribution in [0.5, 0.6) is 5.75 Å². The van der Waals surface area contributed by atoms with E-state index >= 15 is 0 Å². The van der Waals surface area contributed by atoms with Crippen molar-refractivity contribution in [1.29, 1.82) is 0 Å². The molecule has 0 radical (unpaired) electrons. The van der Waals surface area contributed by atoms with Crippen molar-refractivity contribution in [3.8, 4) is 5.75 Å². The molecule has 8 heteroatoms. The second-order valence-electron chi connectivity index (χ2n) is 11.4. The molecule has 236 valence electrons. The van der Waals surface area contributed by atoms with Crippen LogP contribution in [0.2, 0.25) is 0 Å². The number of likely N-dealkylation sites (N-methyl/N-ethyl adjacent to an activating group) is 1. The largest absolute Gasteiger partial charge is 0.497 e. The Kier molecular flexibility index (Phi) is 14.7. The number of hydrogen-bond donors (Lipinski definition) is 3. The van der Waals surface area contributed by atoms with Crippen LogP contribution in [-0.2, 0) is 20.7 Å². The SMILES string of the molecule is CCCC(CCC)C(=O)N(C)[C@H]1CC=CCOCCC(c2cccc(OC)c2)NC[C@@H](O)[C@H](Cc2ccccc2)NC1=O. The van der Waals surface area contributed by atoms with Gasteiger partial charge in [0.15, 0.2) is 0 Å². The number of amides is 2. The molecule has 2 amide bonds. The molecule has 1 heterocycles. The molecular weight excluding hydrogens is 542 g/mol. The van der Waals surface area contributed by atoms with Gasteiger partial charge in [0.25, 0.3) is 0 Å². The molecule has 0 spiro atoms. The van der Waals surface area contributed by atoms with Crippen LogP contribution in [-0.4, -0.2) is 73.9 Å². The Morgan fingerprint density at radius 3 is 2.53 bits per heavy atom. The van der Waals surface area contributed by atoms with Crippen molar-refractivity contribution >= 4 is 11.8 Å². The molecule has 3 rings (SSSR count). The highest BCUT2D eigenvalue weighted by Crippen LogP contribution is 2.23.